The fourth-order valence-corrected chi connectivity index (χ4v) is 5.54. The van der Waals surface area contributed by atoms with E-state index in [1.54, 1.807) is 0 Å². The average Bonchev–Trinajstić information content (AvgIpc) is 2.10. The lowest BCUT2D eigenvalue weighted by Gasteiger charge is -2.64. The van der Waals surface area contributed by atoms with Crippen LogP contribution in [0.15, 0.2) is 0 Å². The molecule has 18 heavy (non-hydrogen) atoms. The maximum atomic E-state index is 9.12. The number of carbonyl (C=O) groups is 1. The highest BCUT2D eigenvalue weighted by Gasteiger charge is 2.58. The lowest BCUT2D eigenvalue weighted by molar-refractivity contribution is -0.140. The van der Waals surface area contributed by atoms with E-state index >= 15 is 0 Å². The van der Waals surface area contributed by atoms with Crippen LogP contribution in [0.5, 0.6) is 0 Å². The monoisotopic (exact) mass is 255 g/mol. The van der Waals surface area contributed by atoms with Crippen LogP contribution in [0, 0.1) is 16.7 Å². The molecule has 4 aliphatic rings. The third kappa shape index (κ3) is 2.69. The van der Waals surface area contributed by atoms with Gasteiger partial charge in [-0.05, 0) is 55.3 Å². The topological polar surface area (TPSA) is 83.6 Å². The van der Waals surface area contributed by atoms with Gasteiger partial charge >= 0.3 is 5.97 Å². The Bertz CT molecular complexity index is 304. The molecule has 4 aliphatic carbocycles. The number of hydrogen-bond donors (Lipinski definition) is 3. The third-order valence-corrected chi connectivity index (χ3v) is 4.80. The molecule has 0 radical (unpaired) electrons. The molecule has 0 heterocycles. The number of hydrogen-bond acceptors (Lipinski definition) is 3. The number of aliphatic carboxylic acids is 1. The van der Waals surface area contributed by atoms with Crippen LogP contribution in [0.25, 0.3) is 0 Å². The van der Waals surface area contributed by atoms with Crippen LogP contribution >= 0.6 is 0 Å². The Morgan fingerprint density at radius 3 is 1.89 bits per heavy atom. The number of carboxylic acids is 1. The SMILES string of the molecule is CC12CC3CC(C)(C1)CC(N)(C3)C2.O=C(O)CO. The average molecular weight is 255 g/mol. The van der Waals surface area contributed by atoms with Crippen LogP contribution in [-0.2, 0) is 4.79 Å². The fraction of sp³-hybridized carbons (Fsp3) is 0.929. The van der Waals surface area contributed by atoms with Gasteiger partial charge in [0.1, 0.15) is 6.61 Å². The summed E-state index contributed by atoms with van der Waals surface area (Å²) in [5.74, 6) is -0.235. The number of aliphatic hydroxyl groups excluding tert-OH is 1. The Labute approximate surface area is 109 Å². The Morgan fingerprint density at radius 2 is 1.61 bits per heavy atom. The molecule has 0 amide bonds. The molecule has 0 aromatic carbocycles. The Morgan fingerprint density at radius 1 is 1.17 bits per heavy atom. The predicted octanol–water partition coefficient (Wildman–Crippen LogP) is 1.76. The summed E-state index contributed by atoms with van der Waals surface area (Å²) in [5.41, 5.74) is 7.92. The Balaban J connectivity index is 0.000000209. The molecule has 0 saturated heterocycles. The van der Waals surface area contributed by atoms with Crippen LogP contribution in [0.1, 0.15) is 52.4 Å². The van der Waals surface area contributed by atoms with E-state index in [-0.39, 0.29) is 5.54 Å². The van der Waals surface area contributed by atoms with E-state index in [0.717, 1.165) is 5.92 Å². The molecule has 4 saturated carbocycles. The molecule has 2 atom stereocenters. The second-order valence-electron chi connectivity index (χ2n) is 7.54. The van der Waals surface area contributed by atoms with Crippen LogP contribution in [-0.4, -0.2) is 28.3 Å². The van der Waals surface area contributed by atoms with Crippen molar-refractivity contribution in [2.24, 2.45) is 22.5 Å². The molecule has 4 rings (SSSR count). The first-order chi connectivity index (χ1) is 8.18. The van der Waals surface area contributed by atoms with E-state index in [9.17, 15) is 0 Å². The van der Waals surface area contributed by atoms with E-state index in [1.165, 1.54) is 38.5 Å². The van der Waals surface area contributed by atoms with Gasteiger partial charge in [0.15, 0.2) is 0 Å². The van der Waals surface area contributed by atoms with Crippen LogP contribution in [0.3, 0.4) is 0 Å². The first-order valence-corrected chi connectivity index (χ1v) is 6.79. The quantitative estimate of drug-likeness (QED) is 0.666. The molecule has 104 valence electrons. The zero-order valence-corrected chi connectivity index (χ0v) is 11.4. The summed E-state index contributed by atoms with van der Waals surface area (Å²) in [5, 5.41) is 15.0. The molecule has 0 aromatic heterocycles. The Hall–Kier alpha value is -0.610. The number of rotatable bonds is 1. The molecular formula is C14H25NO3. The summed E-state index contributed by atoms with van der Waals surface area (Å²) in [6.45, 7) is 4.16. The van der Waals surface area contributed by atoms with Gasteiger partial charge in [-0.3, -0.25) is 0 Å². The molecular weight excluding hydrogens is 230 g/mol. The van der Waals surface area contributed by atoms with Gasteiger partial charge in [0, 0.05) is 5.54 Å². The smallest absolute Gasteiger partial charge is 0.329 e. The summed E-state index contributed by atoms with van der Waals surface area (Å²) in [4.78, 5) is 9.12. The first-order valence-electron chi connectivity index (χ1n) is 6.79. The second-order valence-corrected chi connectivity index (χ2v) is 7.54. The van der Waals surface area contributed by atoms with Gasteiger partial charge in [-0.1, -0.05) is 13.8 Å². The van der Waals surface area contributed by atoms with Gasteiger partial charge in [0.25, 0.3) is 0 Å². The highest BCUT2D eigenvalue weighted by Crippen LogP contribution is 2.65. The molecule has 0 aliphatic heterocycles. The summed E-state index contributed by atoms with van der Waals surface area (Å²) in [6, 6.07) is 0. The summed E-state index contributed by atoms with van der Waals surface area (Å²) < 4.78 is 0. The van der Waals surface area contributed by atoms with E-state index in [4.69, 9.17) is 20.7 Å². The van der Waals surface area contributed by atoms with Crippen molar-refractivity contribution in [1.82, 2.24) is 0 Å². The number of carboxylic acid groups (broad SMARTS) is 1. The molecule has 4 heteroatoms. The van der Waals surface area contributed by atoms with E-state index in [0.29, 0.717) is 10.8 Å². The second kappa shape index (κ2) is 4.20. The normalized spacial score (nSPS) is 48.6. The molecule has 4 N–H and O–H groups in total. The largest absolute Gasteiger partial charge is 0.480 e. The van der Waals surface area contributed by atoms with E-state index < -0.39 is 12.6 Å². The highest BCUT2D eigenvalue weighted by atomic mass is 16.4. The highest BCUT2D eigenvalue weighted by molar-refractivity contribution is 5.67. The van der Waals surface area contributed by atoms with Crippen molar-refractivity contribution < 1.29 is 15.0 Å². The summed E-state index contributed by atoms with van der Waals surface area (Å²) in [6.07, 6.45) is 8.27. The van der Waals surface area contributed by atoms with Crippen molar-refractivity contribution in [3.05, 3.63) is 0 Å². The van der Waals surface area contributed by atoms with Crippen LogP contribution in [0.2, 0.25) is 0 Å². The predicted molar refractivity (Wildman–Crippen MR) is 69.0 cm³/mol. The van der Waals surface area contributed by atoms with Gasteiger partial charge in [-0.25, -0.2) is 4.79 Å². The maximum Gasteiger partial charge on any atom is 0.329 e. The van der Waals surface area contributed by atoms with Crippen molar-refractivity contribution in [1.29, 1.82) is 0 Å². The van der Waals surface area contributed by atoms with Crippen molar-refractivity contribution in [2.45, 2.75) is 57.9 Å². The van der Waals surface area contributed by atoms with Gasteiger partial charge in [-0.2, -0.15) is 0 Å². The number of nitrogens with two attached hydrogens (primary N) is 1. The summed E-state index contributed by atoms with van der Waals surface area (Å²) in [7, 11) is 0. The van der Waals surface area contributed by atoms with E-state index in [1.807, 2.05) is 0 Å². The van der Waals surface area contributed by atoms with Gasteiger partial charge in [-0.15, -0.1) is 0 Å². The number of aliphatic hydroxyl groups is 1. The minimum Gasteiger partial charge on any atom is -0.480 e. The summed E-state index contributed by atoms with van der Waals surface area (Å²) >= 11 is 0. The lowest BCUT2D eigenvalue weighted by atomic mass is 9.43. The Kier molecular flexibility index (Phi) is 3.23. The van der Waals surface area contributed by atoms with Crippen molar-refractivity contribution >= 4 is 5.97 Å². The molecule has 2 unspecified atom stereocenters. The van der Waals surface area contributed by atoms with Crippen molar-refractivity contribution in [2.75, 3.05) is 6.61 Å². The lowest BCUT2D eigenvalue weighted by Crippen LogP contribution is -2.62. The molecule has 4 fully saturated rings. The fourth-order valence-electron chi connectivity index (χ4n) is 5.54. The van der Waals surface area contributed by atoms with Crippen LogP contribution in [0.4, 0.5) is 0 Å². The molecule has 0 spiro atoms. The minimum atomic E-state index is -1.19. The van der Waals surface area contributed by atoms with Gasteiger partial charge in [0.05, 0.1) is 0 Å². The zero-order valence-electron chi connectivity index (χ0n) is 11.4. The zero-order chi connectivity index (χ0) is 13.6. The van der Waals surface area contributed by atoms with Crippen LogP contribution < -0.4 is 5.73 Å². The van der Waals surface area contributed by atoms with Gasteiger partial charge in [0.2, 0.25) is 0 Å². The minimum absolute atomic E-state index is 0.225. The standard InChI is InChI=1S/C12H21N.C2H4O3/c1-10-3-9-4-11(2,6-10)8-12(13,5-9)7-10;3-1-2(4)5/h9H,3-8,13H2,1-2H3;3H,1H2,(H,4,5). The van der Waals surface area contributed by atoms with Crippen molar-refractivity contribution in [3.8, 4) is 0 Å². The maximum absolute atomic E-state index is 9.12. The third-order valence-electron chi connectivity index (χ3n) is 4.80. The van der Waals surface area contributed by atoms with Crippen molar-refractivity contribution in [3.63, 3.8) is 0 Å². The molecule has 4 bridgehead atoms. The van der Waals surface area contributed by atoms with E-state index in [2.05, 4.69) is 13.8 Å². The molecule has 4 nitrogen and oxygen atoms in total. The molecule has 0 aromatic rings. The first kappa shape index (κ1) is 13.8. The van der Waals surface area contributed by atoms with Gasteiger partial charge < -0.3 is 15.9 Å².